The number of hydrogen-bond donors (Lipinski definition) is 2. The van der Waals surface area contributed by atoms with Crippen molar-refractivity contribution in [2.75, 3.05) is 40.0 Å². The third-order valence-corrected chi connectivity index (χ3v) is 2.33. The van der Waals surface area contributed by atoms with E-state index >= 15 is 0 Å². The standard InChI is InChI=1S/C11H23FN2O3/c1-11(2,10(12)8-14-9-15)17-7-6-16-5-4-13-3/h9-10,13H,4-8H2,1-3H3,(H,14,15). The van der Waals surface area contributed by atoms with E-state index in [2.05, 4.69) is 10.6 Å². The maximum absolute atomic E-state index is 13.6. The Morgan fingerprint density at radius 2 is 2.06 bits per heavy atom. The number of amides is 1. The van der Waals surface area contributed by atoms with Gasteiger partial charge >= 0.3 is 0 Å². The van der Waals surface area contributed by atoms with Crippen molar-refractivity contribution in [1.29, 1.82) is 0 Å². The molecule has 5 nitrogen and oxygen atoms in total. The van der Waals surface area contributed by atoms with E-state index in [1.54, 1.807) is 13.8 Å². The largest absolute Gasteiger partial charge is 0.378 e. The van der Waals surface area contributed by atoms with Gasteiger partial charge in [0, 0.05) is 6.54 Å². The number of halogens is 1. The van der Waals surface area contributed by atoms with Gasteiger partial charge in [0.05, 0.1) is 32.0 Å². The second-order valence-electron chi connectivity index (χ2n) is 4.16. The second kappa shape index (κ2) is 9.32. The van der Waals surface area contributed by atoms with Gasteiger partial charge < -0.3 is 20.1 Å². The van der Waals surface area contributed by atoms with Crippen molar-refractivity contribution in [3.63, 3.8) is 0 Å². The number of carbonyl (C=O) groups excluding carboxylic acids is 1. The topological polar surface area (TPSA) is 59.6 Å². The molecular weight excluding hydrogens is 227 g/mol. The summed E-state index contributed by atoms with van der Waals surface area (Å²) in [7, 11) is 1.84. The number of alkyl halides is 1. The van der Waals surface area contributed by atoms with Crippen molar-refractivity contribution < 1.29 is 18.7 Å². The SMILES string of the molecule is CNCCOCCOC(C)(C)C(F)CNC=O. The minimum atomic E-state index is -1.25. The molecule has 6 heteroatoms. The number of ether oxygens (including phenoxy) is 2. The van der Waals surface area contributed by atoms with Gasteiger partial charge in [-0.25, -0.2) is 4.39 Å². The first-order valence-corrected chi connectivity index (χ1v) is 5.72. The Morgan fingerprint density at radius 1 is 1.35 bits per heavy atom. The highest BCUT2D eigenvalue weighted by Crippen LogP contribution is 2.17. The lowest BCUT2D eigenvalue weighted by Crippen LogP contribution is -2.43. The van der Waals surface area contributed by atoms with Crippen LogP contribution in [-0.2, 0) is 14.3 Å². The lowest BCUT2D eigenvalue weighted by molar-refractivity contribution is -0.111. The van der Waals surface area contributed by atoms with Crippen LogP contribution < -0.4 is 10.6 Å². The zero-order valence-corrected chi connectivity index (χ0v) is 10.8. The van der Waals surface area contributed by atoms with Gasteiger partial charge in [-0.05, 0) is 20.9 Å². The Hall–Kier alpha value is -0.720. The minimum absolute atomic E-state index is 0.0445. The molecule has 102 valence electrons. The van der Waals surface area contributed by atoms with Gasteiger partial charge in [0.15, 0.2) is 0 Å². The Bertz CT molecular complexity index is 203. The highest BCUT2D eigenvalue weighted by Gasteiger charge is 2.30. The van der Waals surface area contributed by atoms with Gasteiger partial charge in [-0.2, -0.15) is 0 Å². The molecule has 0 aromatic heterocycles. The monoisotopic (exact) mass is 250 g/mol. The molecule has 0 heterocycles. The molecule has 1 unspecified atom stereocenters. The quantitative estimate of drug-likeness (QED) is 0.403. The van der Waals surface area contributed by atoms with Crippen molar-refractivity contribution in [3.05, 3.63) is 0 Å². The van der Waals surface area contributed by atoms with E-state index in [1.165, 1.54) is 0 Å². The van der Waals surface area contributed by atoms with Crippen LogP contribution in [0, 0.1) is 0 Å². The van der Waals surface area contributed by atoms with Gasteiger partial charge in [0.1, 0.15) is 6.17 Å². The fraction of sp³-hybridized carbons (Fsp3) is 0.909. The summed E-state index contributed by atoms with van der Waals surface area (Å²) in [6, 6.07) is 0. The van der Waals surface area contributed by atoms with E-state index in [1.807, 2.05) is 7.05 Å². The number of likely N-dealkylation sites (N-methyl/N-ethyl adjacent to an activating group) is 1. The van der Waals surface area contributed by atoms with Crippen LogP contribution in [0.25, 0.3) is 0 Å². The van der Waals surface area contributed by atoms with Crippen molar-refractivity contribution in [2.45, 2.75) is 25.6 Å². The molecule has 0 radical (unpaired) electrons. The van der Waals surface area contributed by atoms with Crippen molar-refractivity contribution in [2.24, 2.45) is 0 Å². The Morgan fingerprint density at radius 3 is 2.65 bits per heavy atom. The number of rotatable bonds is 11. The molecule has 0 bridgehead atoms. The molecule has 0 fully saturated rings. The number of nitrogens with one attached hydrogen (secondary N) is 2. The molecule has 0 aliphatic rings. The van der Waals surface area contributed by atoms with E-state index in [0.29, 0.717) is 26.2 Å². The Balaban J connectivity index is 3.65. The smallest absolute Gasteiger partial charge is 0.207 e. The average Bonchev–Trinajstić information content (AvgIpc) is 2.30. The van der Waals surface area contributed by atoms with E-state index in [0.717, 1.165) is 6.54 Å². The molecule has 0 aromatic carbocycles. The maximum atomic E-state index is 13.6. The van der Waals surface area contributed by atoms with Gasteiger partial charge in [-0.1, -0.05) is 0 Å². The molecule has 17 heavy (non-hydrogen) atoms. The van der Waals surface area contributed by atoms with Crippen LogP contribution in [-0.4, -0.2) is 58.1 Å². The predicted molar refractivity (Wildman–Crippen MR) is 63.7 cm³/mol. The van der Waals surface area contributed by atoms with Gasteiger partial charge in [-0.3, -0.25) is 4.79 Å². The van der Waals surface area contributed by atoms with Crippen LogP contribution in [0.5, 0.6) is 0 Å². The number of hydrogen-bond acceptors (Lipinski definition) is 4. The molecule has 1 amide bonds. The summed E-state index contributed by atoms with van der Waals surface area (Å²) in [5, 5.41) is 5.25. The summed E-state index contributed by atoms with van der Waals surface area (Å²) in [6.45, 7) is 5.40. The van der Waals surface area contributed by atoms with Crippen LogP contribution in [0.15, 0.2) is 0 Å². The van der Waals surface area contributed by atoms with Crippen LogP contribution in [0.2, 0.25) is 0 Å². The van der Waals surface area contributed by atoms with Crippen LogP contribution in [0.4, 0.5) is 4.39 Å². The van der Waals surface area contributed by atoms with Crippen LogP contribution in [0.3, 0.4) is 0 Å². The molecule has 2 N–H and O–H groups in total. The molecule has 0 aliphatic heterocycles. The zero-order valence-electron chi connectivity index (χ0n) is 10.8. The first-order valence-electron chi connectivity index (χ1n) is 5.72. The fourth-order valence-electron chi connectivity index (χ4n) is 1.13. The lowest BCUT2D eigenvalue weighted by atomic mass is 10.0. The second-order valence-corrected chi connectivity index (χ2v) is 4.16. The summed E-state index contributed by atoms with van der Waals surface area (Å²) in [4.78, 5) is 10.1. The summed E-state index contributed by atoms with van der Waals surface area (Å²) in [5.74, 6) is 0. The Kier molecular flexibility index (Phi) is 8.93. The van der Waals surface area contributed by atoms with Crippen molar-refractivity contribution in [3.8, 4) is 0 Å². The Labute approximate surface area is 102 Å². The molecule has 0 aromatic rings. The molecule has 1 atom stereocenters. The van der Waals surface area contributed by atoms with Crippen LogP contribution >= 0.6 is 0 Å². The highest BCUT2D eigenvalue weighted by molar-refractivity contribution is 5.45. The number of carbonyl (C=O) groups is 1. The van der Waals surface area contributed by atoms with Gasteiger partial charge in [0.2, 0.25) is 6.41 Å². The average molecular weight is 250 g/mol. The minimum Gasteiger partial charge on any atom is -0.378 e. The van der Waals surface area contributed by atoms with E-state index in [-0.39, 0.29) is 6.54 Å². The molecule has 0 saturated carbocycles. The van der Waals surface area contributed by atoms with Crippen molar-refractivity contribution >= 4 is 6.41 Å². The van der Waals surface area contributed by atoms with Crippen LogP contribution in [0.1, 0.15) is 13.8 Å². The summed E-state index contributed by atoms with van der Waals surface area (Å²) in [6.07, 6.45) is -0.770. The van der Waals surface area contributed by atoms with E-state index < -0.39 is 11.8 Å². The van der Waals surface area contributed by atoms with Gasteiger partial charge in [0.25, 0.3) is 0 Å². The normalized spacial score (nSPS) is 13.4. The maximum Gasteiger partial charge on any atom is 0.207 e. The van der Waals surface area contributed by atoms with Gasteiger partial charge in [-0.15, -0.1) is 0 Å². The lowest BCUT2D eigenvalue weighted by Gasteiger charge is -2.28. The van der Waals surface area contributed by atoms with Crippen molar-refractivity contribution in [1.82, 2.24) is 10.6 Å². The zero-order chi connectivity index (χ0) is 13.1. The predicted octanol–water partition coefficient (Wildman–Crippen LogP) is 0.102. The molecule has 0 rings (SSSR count). The summed E-state index contributed by atoms with van der Waals surface area (Å²) < 4.78 is 24.2. The van der Waals surface area contributed by atoms with E-state index in [4.69, 9.17) is 9.47 Å². The summed E-state index contributed by atoms with van der Waals surface area (Å²) in [5.41, 5.74) is -0.928. The highest BCUT2D eigenvalue weighted by atomic mass is 19.1. The molecular formula is C11H23FN2O3. The first kappa shape index (κ1) is 16.3. The first-order chi connectivity index (χ1) is 8.04. The third kappa shape index (κ3) is 8.06. The fourth-order valence-corrected chi connectivity index (χ4v) is 1.13. The van der Waals surface area contributed by atoms with E-state index in [9.17, 15) is 9.18 Å². The molecule has 0 saturated heterocycles. The summed E-state index contributed by atoms with van der Waals surface area (Å²) >= 11 is 0. The third-order valence-electron chi connectivity index (χ3n) is 2.33. The molecule has 0 aliphatic carbocycles. The molecule has 0 spiro atoms.